The third-order valence-electron chi connectivity index (χ3n) is 2.96. The first-order valence-corrected chi connectivity index (χ1v) is 6.83. The molecule has 3 rings (SSSR count). The maximum Gasteiger partial charge on any atom is 0.231 e. The molecule has 0 fully saturated rings. The molecule has 2 aromatic carbocycles. The van der Waals surface area contributed by atoms with Crippen molar-refractivity contribution in [3.8, 4) is 17.6 Å². The number of allylic oxidation sites excluding steroid dienone is 1. The lowest BCUT2D eigenvalue weighted by Crippen LogP contribution is -1.92. The fraction of sp³-hybridized carbons (Fsp3) is 0.0625. The molecule has 0 aliphatic carbocycles. The van der Waals surface area contributed by atoms with E-state index in [2.05, 4.69) is 22.0 Å². The quantitative estimate of drug-likeness (QED) is 0.612. The predicted octanol–water partition coefficient (Wildman–Crippen LogP) is 4.24. The Kier molecular flexibility index (Phi) is 3.44. The molecule has 0 amide bonds. The first kappa shape index (κ1) is 12.8. The van der Waals surface area contributed by atoms with Gasteiger partial charge >= 0.3 is 0 Å². The van der Waals surface area contributed by atoms with Crippen LogP contribution in [0.3, 0.4) is 0 Å². The van der Waals surface area contributed by atoms with Crippen molar-refractivity contribution in [1.82, 2.24) is 0 Å². The van der Waals surface area contributed by atoms with Crippen LogP contribution in [0.2, 0.25) is 0 Å². The lowest BCUT2D eigenvalue weighted by molar-refractivity contribution is 0.174. The Hall–Kier alpha value is -2.25. The third kappa shape index (κ3) is 2.54. The van der Waals surface area contributed by atoms with Crippen LogP contribution in [0, 0.1) is 11.3 Å². The second kappa shape index (κ2) is 5.40. The van der Waals surface area contributed by atoms with Gasteiger partial charge in [0, 0.05) is 4.47 Å². The van der Waals surface area contributed by atoms with E-state index in [1.54, 1.807) is 0 Å². The topological polar surface area (TPSA) is 42.2 Å². The molecule has 0 bridgehead atoms. The number of rotatable bonds is 2. The van der Waals surface area contributed by atoms with Crippen LogP contribution >= 0.6 is 15.9 Å². The average Bonchev–Trinajstić information content (AvgIpc) is 2.92. The summed E-state index contributed by atoms with van der Waals surface area (Å²) in [6.45, 7) is 0.232. The highest BCUT2D eigenvalue weighted by molar-refractivity contribution is 9.10. The van der Waals surface area contributed by atoms with E-state index in [1.807, 2.05) is 48.5 Å². The number of hydrogen-bond acceptors (Lipinski definition) is 3. The van der Waals surface area contributed by atoms with Gasteiger partial charge in [-0.1, -0.05) is 28.1 Å². The third-order valence-corrected chi connectivity index (χ3v) is 3.46. The van der Waals surface area contributed by atoms with Crippen molar-refractivity contribution in [3.05, 3.63) is 58.1 Å². The van der Waals surface area contributed by atoms with E-state index in [-0.39, 0.29) is 6.79 Å². The summed E-state index contributed by atoms with van der Waals surface area (Å²) in [5, 5.41) is 9.36. The molecule has 0 saturated carbocycles. The number of nitriles is 1. The van der Waals surface area contributed by atoms with Gasteiger partial charge in [-0.2, -0.15) is 5.26 Å². The van der Waals surface area contributed by atoms with Crippen LogP contribution in [0.1, 0.15) is 11.1 Å². The van der Waals surface area contributed by atoms with Gasteiger partial charge in [0.05, 0.1) is 11.6 Å². The summed E-state index contributed by atoms with van der Waals surface area (Å²) in [6.07, 6.45) is 1.85. The summed E-state index contributed by atoms with van der Waals surface area (Å²) in [6, 6.07) is 15.5. The van der Waals surface area contributed by atoms with E-state index >= 15 is 0 Å². The van der Waals surface area contributed by atoms with Gasteiger partial charge in [0.1, 0.15) is 0 Å². The molecule has 0 unspecified atom stereocenters. The Bertz CT molecular complexity index is 731. The minimum atomic E-state index is 0.232. The van der Waals surface area contributed by atoms with Crippen molar-refractivity contribution in [2.24, 2.45) is 0 Å². The summed E-state index contributed by atoms with van der Waals surface area (Å²) in [5.41, 5.74) is 2.37. The summed E-state index contributed by atoms with van der Waals surface area (Å²) >= 11 is 3.42. The molecule has 0 spiro atoms. The predicted molar refractivity (Wildman–Crippen MR) is 80.2 cm³/mol. The van der Waals surface area contributed by atoms with E-state index in [0.717, 1.165) is 15.6 Å². The Morgan fingerprint density at radius 3 is 2.80 bits per heavy atom. The SMILES string of the molecule is N#C/C(=C/c1cccc(Br)c1)c1ccc2c(c1)OCO2. The molecular weight excluding hydrogens is 318 g/mol. The highest BCUT2D eigenvalue weighted by Gasteiger charge is 2.14. The van der Waals surface area contributed by atoms with Gasteiger partial charge in [0.2, 0.25) is 6.79 Å². The van der Waals surface area contributed by atoms with Crippen molar-refractivity contribution >= 4 is 27.6 Å². The standard InChI is InChI=1S/C16H10BrNO2/c17-14-3-1-2-11(7-14)6-13(9-18)12-4-5-15-16(8-12)20-10-19-15/h1-8H,10H2/b13-6-. The van der Waals surface area contributed by atoms with E-state index in [4.69, 9.17) is 9.47 Å². The molecule has 1 heterocycles. The largest absolute Gasteiger partial charge is 0.454 e. The second-order valence-electron chi connectivity index (χ2n) is 4.29. The number of fused-ring (bicyclic) bond motifs is 1. The van der Waals surface area contributed by atoms with Crippen LogP contribution < -0.4 is 9.47 Å². The van der Waals surface area contributed by atoms with Crippen molar-refractivity contribution in [2.45, 2.75) is 0 Å². The monoisotopic (exact) mass is 327 g/mol. The zero-order valence-corrected chi connectivity index (χ0v) is 12.1. The molecule has 2 aromatic rings. The van der Waals surface area contributed by atoms with Gasteiger partial charge in [0.25, 0.3) is 0 Å². The molecule has 4 heteroatoms. The lowest BCUT2D eigenvalue weighted by Gasteiger charge is -2.02. The Balaban J connectivity index is 2.00. The van der Waals surface area contributed by atoms with E-state index < -0.39 is 0 Å². The van der Waals surface area contributed by atoms with Crippen LogP contribution in [0.4, 0.5) is 0 Å². The highest BCUT2D eigenvalue weighted by atomic mass is 79.9. The number of halogens is 1. The van der Waals surface area contributed by atoms with Gasteiger partial charge in [-0.05, 0) is 47.5 Å². The van der Waals surface area contributed by atoms with Crippen molar-refractivity contribution in [1.29, 1.82) is 5.26 Å². The maximum absolute atomic E-state index is 9.36. The first-order chi connectivity index (χ1) is 9.76. The molecule has 98 valence electrons. The summed E-state index contributed by atoms with van der Waals surface area (Å²) in [4.78, 5) is 0. The van der Waals surface area contributed by atoms with E-state index in [0.29, 0.717) is 17.1 Å². The Morgan fingerprint density at radius 2 is 2.00 bits per heavy atom. The zero-order chi connectivity index (χ0) is 13.9. The van der Waals surface area contributed by atoms with Crippen LogP contribution in [0.25, 0.3) is 11.6 Å². The van der Waals surface area contributed by atoms with Gasteiger partial charge in [-0.15, -0.1) is 0 Å². The highest BCUT2D eigenvalue weighted by Crippen LogP contribution is 2.34. The summed E-state index contributed by atoms with van der Waals surface area (Å²) in [5.74, 6) is 1.39. The first-order valence-electron chi connectivity index (χ1n) is 6.03. The molecule has 0 radical (unpaired) electrons. The normalized spacial score (nSPS) is 13.1. The number of ether oxygens (including phenoxy) is 2. The minimum absolute atomic E-state index is 0.232. The maximum atomic E-state index is 9.36. The molecule has 1 aliphatic rings. The zero-order valence-electron chi connectivity index (χ0n) is 10.5. The molecule has 1 aliphatic heterocycles. The van der Waals surface area contributed by atoms with Crippen LogP contribution in [0.15, 0.2) is 46.9 Å². The minimum Gasteiger partial charge on any atom is -0.454 e. The summed E-state index contributed by atoms with van der Waals surface area (Å²) in [7, 11) is 0. The average molecular weight is 328 g/mol. The Morgan fingerprint density at radius 1 is 1.15 bits per heavy atom. The number of hydrogen-bond donors (Lipinski definition) is 0. The molecule has 0 N–H and O–H groups in total. The van der Waals surface area contributed by atoms with Crippen molar-refractivity contribution in [2.75, 3.05) is 6.79 Å². The molecule has 0 saturated heterocycles. The molecule has 3 nitrogen and oxygen atoms in total. The van der Waals surface area contributed by atoms with Crippen molar-refractivity contribution in [3.63, 3.8) is 0 Å². The van der Waals surface area contributed by atoms with E-state index in [9.17, 15) is 5.26 Å². The van der Waals surface area contributed by atoms with E-state index in [1.165, 1.54) is 0 Å². The van der Waals surface area contributed by atoms with Crippen molar-refractivity contribution < 1.29 is 9.47 Å². The van der Waals surface area contributed by atoms with Gasteiger partial charge in [0.15, 0.2) is 11.5 Å². The van der Waals surface area contributed by atoms with Gasteiger partial charge < -0.3 is 9.47 Å². The number of nitrogens with zero attached hydrogens (tertiary/aromatic N) is 1. The van der Waals surface area contributed by atoms with Crippen LogP contribution in [-0.2, 0) is 0 Å². The van der Waals surface area contributed by atoms with Gasteiger partial charge in [-0.25, -0.2) is 0 Å². The van der Waals surface area contributed by atoms with Crippen LogP contribution in [-0.4, -0.2) is 6.79 Å². The van der Waals surface area contributed by atoms with Gasteiger partial charge in [-0.3, -0.25) is 0 Å². The Labute approximate surface area is 125 Å². The molecular formula is C16H10BrNO2. The fourth-order valence-electron chi connectivity index (χ4n) is 2.01. The van der Waals surface area contributed by atoms with Crippen LogP contribution in [0.5, 0.6) is 11.5 Å². The smallest absolute Gasteiger partial charge is 0.231 e. The lowest BCUT2D eigenvalue weighted by atomic mass is 10.0. The second-order valence-corrected chi connectivity index (χ2v) is 5.21. The fourth-order valence-corrected chi connectivity index (χ4v) is 2.42. The molecule has 0 atom stereocenters. The molecule has 20 heavy (non-hydrogen) atoms. The summed E-state index contributed by atoms with van der Waals surface area (Å²) < 4.78 is 11.6. The molecule has 0 aromatic heterocycles. The number of benzene rings is 2.